The second-order valence-corrected chi connectivity index (χ2v) is 4.75. The van der Waals surface area contributed by atoms with Crippen LogP contribution in [-0.2, 0) is 4.79 Å². The van der Waals surface area contributed by atoms with E-state index in [0.29, 0.717) is 21.7 Å². The molecule has 0 atom stereocenters. The molecular formula is C14H13BrN2O4. The van der Waals surface area contributed by atoms with Gasteiger partial charge in [-0.2, -0.15) is 5.10 Å². The maximum Gasteiger partial charge on any atom is 0.277 e. The molecular weight excluding hydrogens is 340 g/mol. The largest absolute Gasteiger partial charge is 0.497 e. The van der Waals surface area contributed by atoms with Crippen molar-refractivity contribution in [2.45, 2.75) is 0 Å². The van der Waals surface area contributed by atoms with Crippen LogP contribution in [0.3, 0.4) is 0 Å². The Labute approximate surface area is 129 Å². The van der Waals surface area contributed by atoms with Crippen molar-refractivity contribution in [2.24, 2.45) is 5.10 Å². The number of hydrazone groups is 1. The minimum Gasteiger partial charge on any atom is -0.497 e. The van der Waals surface area contributed by atoms with Crippen LogP contribution < -0.4 is 14.9 Å². The van der Waals surface area contributed by atoms with Crippen LogP contribution in [0.1, 0.15) is 5.76 Å². The second-order valence-electron chi connectivity index (χ2n) is 3.89. The van der Waals surface area contributed by atoms with Gasteiger partial charge in [-0.3, -0.25) is 4.79 Å². The molecule has 0 saturated carbocycles. The molecule has 21 heavy (non-hydrogen) atoms. The number of hydrogen-bond acceptors (Lipinski definition) is 5. The predicted octanol–water partition coefficient (Wildman–Crippen LogP) is 2.58. The Morgan fingerprint density at radius 2 is 2.33 bits per heavy atom. The molecule has 0 radical (unpaired) electrons. The van der Waals surface area contributed by atoms with E-state index in [2.05, 4.69) is 26.5 Å². The van der Waals surface area contributed by atoms with E-state index >= 15 is 0 Å². The average Bonchev–Trinajstić information content (AvgIpc) is 2.99. The predicted molar refractivity (Wildman–Crippen MR) is 80.6 cm³/mol. The molecule has 1 aromatic heterocycles. The summed E-state index contributed by atoms with van der Waals surface area (Å²) >= 11 is 3.34. The van der Waals surface area contributed by atoms with Gasteiger partial charge in [0.2, 0.25) is 0 Å². The summed E-state index contributed by atoms with van der Waals surface area (Å²) in [6.07, 6.45) is 2.93. The Kier molecular flexibility index (Phi) is 5.39. The molecule has 0 aliphatic rings. The SMILES string of the molecule is COc1ccc(OCC(=O)NN=Cc2ccco2)c(Br)c1. The van der Waals surface area contributed by atoms with Crippen molar-refractivity contribution in [3.63, 3.8) is 0 Å². The summed E-state index contributed by atoms with van der Waals surface area (Å²) in [6.45, 7) is -0.152. The third-order valence-electron chi connectivity index (χ3n) is 2.42. The minimum absolute atomic E-state index is 0.152. The van der Waals surface area contributed by atoms with Gasteiger partial charge in [0.1, 0.15) is 17.3 Å². The summed E-state index contributed by atoms with van der Waals surface area (Å²) in [6, 6.07) is 8.66. The van der Waals surface area contributed by atoms with Gasteiger partial charge in [0, 0.05) is 0 Å². The highest BCUT2D eigenvalue weighted by Gasteiger charge is 2.06. The quantitative estimate of drug-likeness (QED) is 0.640. The molecule has 0 bridgehead atoms. The molecule has 1 heterocycles. The summed E-state index contributed by atoms with van der Waals surface area (Å²) in [4.78, 5) is 11.6. The van der Waals surface area contributed by atoms with Crippen LogP contribution in [0.5, 0.6) is 11.5 Å². The molecule has 1 amide bonds. The molecule has 110 valence electrons. The maximum absolute atomic E-state index is 11.6. The highest BCUT2D eigenvalue weighted by atomic mass is 79.9. The zero-order valence-electron chi connectivity index (χ0n) is 11.2. The van der Waals surface area contributed by atoms with Crippen LogP contribution in [0.2, 0.25) is 0 Å². The summed E-state index contributed by atoms with van der Waals surface area (Å²) in [5, 5.41) is 3.75. The Bertz CT molecular complexity index is 626. The van der Waals surface area contributed by atoms with Gasteiger partial charge in [0.05, 0.1) is 24.1 Å². The van der Waals surface area contributed by atoms with E-state index in [-0.39, 0.29) is 12.5 Å². The van der Waals surface area contributed by atoms with Crippen molar-refractivity contribution in [2.75, 3.05) is 13.7 Å². The van der Waals surface area contributed by atoms with Crippen LogP contribution in [0.25, 0.3) is 0 Å². The van der Waals surface area contributed by atoms with E-state index in [0.717, 1.165) is 0 Å². The molecule has 0 fully saturated rings. The molecule has 1 aromatic carbocycles. The smallest absolute Gasteiger partial charge is 0.277 e. The lowest BCUT2D eigenvalue weighted by Crippen LogP contribution is -2.24. The second kappa shape index (κ2) is 7.49. The Morgan fingerprint density at radius 1 is 1.48 bits per heavy atom. The van der Waals surface area contributed by atoms with Gasteiger partial charge < -0.3 is 13.9 Å². The third-order valence-corrected chi connectivity index (χ3v) is 3.04. The molecule has 2 aromatic rings. The van der Waals surface area contributed by atoms with Crippen molar-refractivity contribution < 1.29 is 18.7 Å². The standard InChI is InChI=1S/C14H13BrN2O4/c1-19-10-4-5-13(12(15)7-10)21-9-14(18)17-16-8-11-3-2-6-20-11/h2-8H,9H2,1H3,(H,17,18). The fourth-order valence-electron chi connectivity index (χ4n) is 1.43. The van der Waals surface area contributed by atoms with E-state index in [1.165, 1.54) is 12.5 Å². The average molecular weight is 353 g/mol. The maximum atomic E-state index is 11.6. The van der Waals surface area contributed by atoms with Crippen molar-refractivity contribution in [1.82, 2.24) is 5.43 Å². The molecule has 0 spiro atoms. The normalized spacial score (nSPS) is 10.6. The third kappa shape index (κ3) is 4.64. The first-order valence-electron chi connectivity index (χ1n) is 6.01. The summed E-state index contributed by atoms with van der Waals surface area (Å²) in [5.41, 5.74) is 2.34. The number of nitrogens with one attached hydrogen (secondary N) is 1. The number of hydrogen-bond donors (Lipinski definition) is 1. The molecule has 0 saturated heterocycles. The van der Waals surface area contributed by atoms with Crippen molar-refractivity contribution in [3.8, 4) is 11.5 Å². The number of carbonyl (C=O) groups excluding carboxylic acids is 1. The van der Waals surface area contributed by atoms with Gasteiger partial charge in [0.15, 0.2) is 6.61 Å². The highest BCUT2D eigenvalue weighted by molar-refractivity contribution is 9.10. The van der Waals surface area contributed by atoms with Crippen LogP contribution in [0.15, 0.2) is 50.6 Å². The number of benzene rings is 1. The molecule has 7 heteroatoms. The highest BCUT2D eigenvalue weighted by Crippen LogP contribution is 2.28. The summed E-state index contributed by atoms with van der Waals surface area (Å²) < 4.78 is 16.2. The van der Waals surface area contributed by atoms with Crippen LogP contribution >= 0.6 is 15.9 Å². The molecule has 0 aliphatic carbocycles. The zero-order valence-corrected chi connectivity index (χ0v) is 12.8. The number of amides is 1. The first kappa shape index (κ1) is 15.1. The van der Waals surface area contributed by atoms with Crippen LogP contribution in [-0.4, -0.2) is 25.8 Å². The Balaban J connectivity index is 1.81. The summed E-state index contributed by atoms with van der Waals surface area (Å²) in [7, 11) is 1.58. The van der Waals surface area contributed by atoms with E-state index < -0.39 is 0 Å². The number of rotatable bonds is 6. The fourth-order valence-corrected chi connectivity index (χ4v) is 1.91. The van der Waals surface area contributed by atoms with Crippen molar-refractivity contribution >= 4 is 28.1 Å². The molecule has 2 rings (SSSR count). The minimum atomic E-state index is -0.375. The van der Waals surface area contributed by atoms with E-state index in [9.17, 15) is 4.79 Å². The Morgan fingerprint density at radius 3 is 3.00 bits per heavy atom. The first-order chi connectivity index (χ1) is 10.2. The van der Waals surface area contributed by atoms with Crippen molar-refractivity contribution in [3.05, 3.63) is 46.8 Å². The monoisotopic (exact) mass is 352 g/mol. The number of furan rings is 1. The van der Waals surface area contributed by atoms with Crippen molar-refractivity contribution in [1.29, 1.82) is 0 Å². The number of carbonyl (C=O) groups is 1. The van der Waals surface area contributed by atoms with E-state index in [1.54, 1.807) is 37.4 Å². The number of nitrogens with zero attached hydrogens (tertiary/aromatic N) is 1. The summed E-state index contributed by atoms with van der Waals surface area (Å²) in [5.74, 6) is 1.41. The van der Waals surface area contributed by atoms with Crippen LogP contribution in [0.4, 0.5) is 0 Å². The first-order valence-corrected chi connectivity index (χ1v) is 6.80. The van der Waals surface area contributed by atoms with E-state index in [4.69, 9.17) is 13.9 Å². The van der Waals surface area contributed by atoms with Gasteiger partial charge in [0.25, 0.3) is 5.91 Å². The number of ether oxygens (including phenoxy) is 2. The van der Waals surface area contributed by atoms with Gasteiger partial charge in [-0.25, -0.2) is 5.43 Å². The van der Waals surface area contributed by atoms with Gasteiger partial charge in [-0.1, -0.05) is 0 Å². The number of halogens is 1. The van der Waals surface area contributed by atoms with Gasteiger partial charge >= 0.3 is 0 Å². The molecule has 1 N–H and O–H groups in total. The van der Waals surface area contributed by atoms with Gasteiger partial charge in [-0.05, 0) is 46.3 Å². The number of methoxy groups -OCH3 is 1. The lowest BCUT2D eigenvalue weighted by atomic mass is 10.3. The Hall–Kier alpha value is -2.28. The molecule has 6 nitrogen and oxygen atoms in total. The lowest BCUT2D eigenvalue weighted by molar-refractivity contribution is -0.123. The van der Waals surface area contributed by atoms with E-state index in [1.807, 2.05) is 0 Å². The lowest BCUT2D eigenvalue weighted by Gasteiger charge is -2.08. The zero-order chi connectivity index (χ0) is 15.1. The molecule has 0 aliphatic heterocycles. The topological polar surface area (TPSA) is 73.1 Å². The molecule has 0 unspecified atom stereocenters. The van der Waals surface area contributed by atoms with Crippen LogP contribution in [0, 0.1) is 0 Å². The fraction of sp³-hybridized carbons (Fsp3) is 0.143. The van der Waals surface area contributed by atoms with Gasteiger partial charge in [-0.15, -0.1) is 0 Å².